The van der Waals surface area contributed by atoms with Crippen molar-refractivity contribution in [2.24, 2.45) is 0 Å². The second-order valence-corrected chi connectivity index (χ2v) is 3.68. The predicted octanol–water partition coefficient (Wildman–Crippen LogP) is 1.95. The van der Waals surface area contributed by atoms with E-state index in [1.807, 2.05) is 0 Å². The van der Waals surface area contributed by atoms with Crippen molar-refractivity contribution >= 4 is 11.6 Å². The molecular weight excluding hydrogens is 260 g/mol. The van der Waals surface area contributed by atoms with Crippen molar-refractivity contribution in [2.45, 2.75) is 6.54 Å². The molecule has 8 heteroatoms. The zero-order valence-electron chi connectivity index (χ0n) is 9.42. The molecule has 0 saturated heterocycles. The van der Waals surface area contributed by atoms with Crippen LogP contribution < -0.4 is 0 Å². The standard InChI is InChI=1S/C11H7F2N3O3/c12-8-2-1-7(5-9(8)13)10(17)6-15-4-3-11(14-15)16(18)19/h1-5H,6H2. The average molecular weight is 267 g/mol. The van der Waals surface area contributed by atoms with Crippen LogP contribution in [0.3, 0.4) is 0 Å². The first-order valence-electron chi connectivity index (χ1n) is 5.13. The largest absolute Gasteiger partial charge is 0.389 e. The molecule has 0 N–H and O–H groups in total. The van der Waals surface area contributed by atoms with E-state index < -0.39 is 28.2 Å². The third-order valence-corrected chi connectivity index (χ3v) is 2.36. The Morgan fingerprint density at radius 1 is 1.32 bits per heavy atom. The maximum absolute atomic E-state index is 12.9. The zero-order valence-corrected chi connectivity index (χ0v) is 9.42. The Morgan fingerprint density at radius 3 is 2.63 bits per heavy atom. The lowest BCUT2D eigenvalue weighted by Crippen LogP contribution is -2.11. The summed E-state index contributed by atoms with van der Waals surface area (Å²) in [6.07, 6.45) is 1.26. The quantitative estimate of drug-likeness (QED) is 0.482. The molecule has 19 heavy (non-hydrogen) atoms. The van der Waals surface area contributed by atoms with E-state index in [9.17, 15) is 23.7 Å². The lowest BCUT2D eigenvalue weighted by Gasteiger charge is -2.00. The third kappa shape index (κ3) is 2.79. The molecule has 0 aliphatic rings. The molecule has 0 saturated carbocycles. The maximum Gasteiger partial charge on any atom is 0.389 e. The summed E-state index contributed by atoms with van der Waals surface area (Å²) in [5, 5.41) is 13.9. The number of halogens is 2. The number of Topliss-reactive ketones (excluding diaryl/α,β-unsaturated/α-hetero) is 1. The highest BCUT2D eigenvalue weighted by Crippen LogP contribution is 2.11. The van der Waals surface area contributed by atoms with Crippen LogP contribution in [-0.4, -0.2) is 20.5 Å². The molecule has 2 rings (SSSR count). The highest BCUT2D eigenvalue weighted by molar-refractivity contribution is 5.95. The van der Waals surface area contributed by atoms with Crippen LogP contribution in [0.2, 0.25) is 0 Å². The van der Waals surface area contributed by atoms with Crippen LogP contribution in [0.5, 0.6) is 0 Å². The average Bonchev–Trinajstić information content (AvgIpc) is 2.81. The number of carbonyl (C=O) groups excluding carboxylic acids is 1. The highest BCUT2D eigenvalue weighted by atomic mass is 19.2. The number of nitro groups is 1. The molecule has 2 aromatic rings. The minimum atomic E-state index is -1.13. The number of benzene rings is 1. The van der Waals surface area contributed by atoms with Gasteiger partial charge in [-0.05, 0) is 23.1 Å². The predicted molar refractivity (Wildman–Crippen MR) is 59.6 cm³/mol. The van der Waals surface area contributed by atoms with E-state index in [4.69, 9.17) is 0 Å². The SMILES string of the molecule is O=C(Cn1ccc([N+](=O)[O-])n1)c1ccc(F)c(F)c1. The number of carbonyl (C=O) groups is 1. The highest BCUT2D eigenvalue weighted by Gasteiger charge is 2.15. The van der Waals surface area contributed by atoms with E-state index in [1.54, 1.807) is 0 Å². The van der Waals surface area contributed by atoms with E-state index in [-0.39, 0.29) is 12.1 Å². The first-order chi connectivity index (χ1) is 8.97. The Kier molecular flexibility index (Phi) is 3.32. The van der Waals surface area contributed by atoms with Gasteiger partial charge in [-0.1, -0.05) is 0 Å². The number of hydrogen-bond donors (Lipinski definition) is 0. The normalized spacial score (nSPS) is 10.4. The van der Waals surface area contributed by atoms with Crippen molar-refractivity contribution < 1.29 is 18.5 Å². The van der Waals surface area contributed by atoms with Gasteiger partial charge >= 0.3 is 5.82 Å². The summed E-state index contributed by atoms with van der Waals surface area (Å²) in [6, 6.07) is 3.89. The van der Waals surface area contributed by atoms with Gasteiger partial charge in [-0.2, -0.15) is 4.68 Å². The van der Waals surface area contributed by atoms with Crippen LogP contribution in [0, 0.1) is 21.7 Å². The van der Waals surface area contributed by atoms with Crippen LogP contribution in [0.1, 0.15) is 10.4 Å². The monoisotopic (exact) mass is 267 g/mol. The lowest BCUT2D eigenvalue weighted by atomic mass is 10.1. The van der Waals surface area contributed by atoms with Crippen molar-refractivity contribution in [3.05, 3.63) is 57.8 Å². The number of rotatable bonds is 4. The summed E-state index contributed by atoms with van der Waals surface area (Å²) in [6.45, 7) is -0.293. The van der Waals surface area contributed by atoms with Crippen LogP contribution in [0.4, 0.5) is 14.6 Å². The molecule has 0 aliphatic carbocycles. The minimum Gasteiger partial charge on any atom is -0.358 e. The van der Waals surface area contributed by atoms with Crippen LogP contribution in [-0.2, 0) is 6.54 Å². The molecule has 0 atom stereocenters. The molecular formula is C11H7F2N3O3. The molecule has 1 aromatic heterocycles. The van der Waals surface area contributed by atoms with Gasteiger partial charge in [0.05, 0.1) is 17.4 Å². The van der Waals surface area contributed by atoms with E-state index in [0.29, 0.717) is 0 Å². The summed E-state index contributed by atoms with van der Waals surface area (Å²) >= 11 is 0. The molecule has 0 amide bonds. The second kappa shape index (κ2) is 4.92. The summed E-state index contributed by atoms with van der Waals surface area (Å²) in [7, 11) is 0. The summed E-state index contributed by atoms with van der Waals surface area (Å²) in [5.74, 6) is -3.10. The topological polar surface area (TPSA) is 78.0 Å². The van der Waals surface area contributed by atoms with Crippen molar-refractivity contribution in [2.75, 3.05) is 0 Å². The molecule has 1 aromatic carbocycles. The second-order valence-electron chi connectivity index (χ2n) is 3.68. The summed E-state index contributed by atoms with van der Waals surface area (Å²) in [5.41, 5.74) is -0.0305. The van der Waals surface area contributed by atoms with Crippen LogP contribution in [0.15, 0.2) is 30.5 Å². The Hall–Kier alpha value is -2.64. The van der Waals surface area contributed by atoms with Gasteiger partial charge in [0.15, 0.2) is 17.4 Å². The molecule has 6 nitrogen and oxygen atoms in total. The van der Waals surface area contributed by atoms with Crippen molar-refractivity contribution in [3.63, 3.8) is 0 Å². The molecule has 0 bridgehead atoms. The van der Waals surface area contributed by atoms with Gasteiger partial charge in [-0.15, -0.1) is 0 Å². The Morgan fingerprint density at radius 2 is 2.05 bits per heavy atom. The number of ketones is 1. The van der Waals surface area contributed by atoms with E-state index in [0.717, 1.165) is 28.9 Å². The number of hydrogen-bond acceptors (Lipinski definition) is 4. The molecule has 0 fully saturated rings. The van der Waals surface area contributed by atoms with Crippen LogP contribution >= 0.6 is 0 Å². The zero-order chi connectivity index (χ0) is 14.0. The van der Waals surface area contributed by atoms with Crippen LogP contribution in [0.25, 0.3) is 0 Å². The van der Waals surface area contributed by atoms with E-state index >= 15 is 0 Å². The summed E-state index contributed by atoms with van der Waals surface area (Å²) < 4.78 is 26.7. The molecule has 98 valence electrons. The first-order valence-corrected chi connectivity index (χ1v) is 5.13. The van der Waals surface area contributed by atoms with Gasteiger partial charge in [0.1, 0.15) is 6.54 Å². The number of nitrogens with zero attached hydrogens (tertiary/aromatic N) is 3. The summed E-state index contributed by atoms with van der Waals surface area (Å²) in [4.78, 5) is 21.4. The Labute approximate surface area is 105 Å². The van der Waals surface area contributed by atoms with Gasteiger partial charge in [0, 0.05) is 5.56 Å². The van der Waals surface area contributed by atoms with Crippen molar-refractivity contribution in [1.82, 2.24) is 9.78 Å². The molecule has 0 spiro atoms. The van der Waals surface area contributed by atoms with E-state index in [1.165, 1.54) is 6.20 Å². The lowest BCUT2D eigenvalue weighted by molar-refractivity contribution is -0.389. The van der Waals surface area contributed by atoms with E-state index in [2.05, 4.69) is 5.10 Å². The Balaban J connectivity index is 2.15. The van der Waals surface area contributed by atoms with Gasteiger partial charge in [-0.3, -0.25) is 4.79 Å². The maximum atomic E-state index is 12.9. The first kappa shape index (κ1) is 12.8. The smallest absolute Gasteiger partial charge is 0.358 e. The van der Waals surface area contributed by atoms with Gasteiger partial charge in [0.2, 0.25) is 0 Å². The fourth-order valence-electron chi connectivity index (χ4n) is 1.44. The van der Waals surface area contributed by atoms with Gasteiger partial charge in [0.25, 0.3) is 0 Å². The number of aromatic nitrogens is 2. The molecule has 1 heterocycles. The fourth-order valence-corrected chi connectivity index (χ4v) is 1.44. The van der Waals surface area contributed by atoms with Crippen molar-refractivity contribution in [3.8, 4) is 0 Å². The molecule has 0 unspecified atom stereocenters. The molecule has 0 aliphatic heterocycles. The Bertz CT molecular complexity index is 654. The van der Waals surface area contributed by atoms with Gasteiger partial charge in [-0.25, -0.2) is 8.78 Å². The minimum absolute atomic E-state index is 0.0305. The van der Waals surface area contributed by atoms with Crippen molar-refractivity contribution in [1.29, 1.82) is 0 Å². The molecule has 0 radical (unpaired) electrons. The fraction of sp³-hybridized carbons (Fsp3) is 0.0909. The van der Waals surface area contributed by atoms with Gasteiger partial charge < -0.3 is 10.1 Å². The third-order valence-electron chi connectivity index (χ3n) is 2.36.